The van der Waals surface area contributed by atoms with E-state index in [1.807, 2.05) is 0 Å². The Morgan fingerprint density at radius 1 is 1.33 bits per heavy atom. The highest BCUT2D eigenvalue weighted by Crippen LogP contribution is 2.32. The Morgan fingerprint density at radius 3 is 2.67 bits per heavy atom. The summed E-state index contributed by atoms with van der Waals surface area (Å²) in [6, 6.07) is 2.84. The third kappa shape index (κ3) is 3.46. The predicted octanol–water partition coefficient (Wildman–Crippen LogP) is 3.43. The highest BCUT2D eigenvalue weighted by atomic mass is 19.1. The van der Waals surface area contributed by atoms with Crippen molar-refractivity contribution in [3.05, 3.63) is 23.5 Å². The Bertz CT molecular complexity index is 533. The molecule has 5 heteroatoms. The Kier molecular flexibility index (Phi) is 4.70. The molecule has 0 spiro atoms. The lowest BCUT2D eigenvalue weighted by Gasteiger charge is -2.33. The number of anilines is 2. The number of hydrogen-bond donors (Lipinski definition) is 2. The van der Waals surface area contributed by atoms with Gasteiger partial charge in [0.2, 0.25) is 0 Å². The van der Waals surface area contributed by atoms with E-state index in [0.717, 1.165) is 19.3 Å². The molecular formula is C16H23FN2O2. The van der Waals surface area contributed by atoms with Crippen molar-refractivity contribution in [3.8, 4) is 0 Å². The van der Waals surface area contributed by atoms with Crippen LogP contribution in [0.1, 0.15) is 43.5 Å². The second-order valence-corrected chi connectivity index (χ2v) is 6.02. The van der Waals surface area contributed by atoms with Crippen LogP contribution in [-0.4, -0.2) is 19.1 Å². The van der Waals surface area contributed by atoms with Crippen molar-refractivity contribution in [1.82, 2.24) is 0 Å². The van der Waals surface area contributed by atoms with Crippen LogP contribution in [0.5, 0.6) is 0 Å². The van der Waals surface area contributed by atoms with Crippen LogP contribution in [0.4, 0.5) is 15.8 Å². The number of nitrogen functional groups attached to an aromatic ring is 1. The van der Waals surface area contributed by atoms with E-state index in [-0.39, 0.29) is 17.3 Å². The second-order valence-electron chi connectivity index (χ2n) is 6.02. The average Bonchev–Trinajstić information content (AvgIpc) is 2.45. The first kappa shape index (κ1) is 15.6. The number of carbonyl (C=O) groups is 1. The summed E-state index contributed by atoms with van der Waals surface area (Å²) in [5, 5.41) is 3.21. The Morgan fingerprint density at radius 2 is 2.05 bits per heavy atom. The molecule has 3 N–H and O–H groups in total. The molecule has 4 nitrogen and oxygen atoms in total. The van der Waals surface area contributed by atoms with E-state index in [2.05, 4.69) is 23.9 Å². The van der Waals surface area contributed by atoms with Crippen molar-refractivity contribution in [2.75, 3.05) is 18.2 Å². The van der Waals surface area contributed by atoms with Gasteiger partial charge in [-0.15, -0.1) is 0 Å². The fraction of sp³-hybridized carbons (Fsp3) is 0.562. The van der Waals surface area contributed by atoms with Crippen LogP contribution in [0.2, 0.25) is 0 Å². The van der Waals surface area contributed by atoms with Crippen LogP contribution in [-0.2, 0) is 4.74 Å². The lowest BCUT2D eigenvalue weighted by atomic mass is 9.79. The van der Waals surface area contributed by atoms with E-state index in [4.69, 9.17) is 5.73 Å². The van der Waals surface area contributed by atoms with Gasteiger partial charge in [-0.2, -0.15) is 0 Å². The van der Waals surface area contributed by atoms with E-state index in [0.29, 0.717) is 17.5 Å². The van der Waals surface area contributed by atoms with Crippen LogP contribution in [0.15, 0.2) is 12.1 Å². The van der Waals surface area contributed by atoms with E-state index in [9.17, 15) is 9.18 Å². The molecular weight excluding hydrogens is 271 g/mol. The summed E-state index contributed by atoms with van der Waals surface area (Å²) >= 11 is 0. The van der Waals surface area contributed by atoms with Gasteiger partial charge < -0.3 is 15.8 Å². The fourth-order valence-corrected chi connectivity index (χ4v) is 2.88. The van der Waals surface area contributed by atoms with Gasteiger partial charge >= 0.3 is 5.97 Å². The van der Waals surface area contributed by atoms with Crippen molar-refractivity contribution in [3.63, 3.8) is 0 Å². The number of hydrogen-bond acceptors (Lipinski definition) is 4. The molecule has 1 aliphatic carbocycles. The number of nitrogens with one attached hydrogen (secondary N) is 1. The van der Waals surface area contributed by atoms with Crippen LogP contribution < -0.4 is 11.1 Å². The zero-order valence-electron chi connectivity index (χ0n) is 12.8. The molecule has 21 heavy (non-hydrogen) atoms. The largest absolute Gasteiger partial charge is 0.465 e. The zero-order chi connectivity index (χ0) is 15.6. The summed E-state index contributed by atoms with van der Waals surface area (Å²) in [5.41, 5.74) is 6.27. The molecule has 0 radical (unpaired) electrons. The molecule has 1 saturated carbocycles. The molecule has 116 valence electrons. The monoisotopic (exact) mass is 294 g/mol. The van der Waals surface area contributed by atoms with Crippen molar-refractivity contribution in [1.29, 1.82) is 0 Å². The van der Waals surface area contributed by atoms with Gasteiger partial charge in [0.1, 0.15) is 5.82 Å². The summed E-state index contributed by atoms with van der Waals surface area (Å²) in [6.07, 6.45) is 3.13. The van der Waals surface area contributed by atoms with Gasteiger partial charge in [0.05, 0.1) is 18.4 Å². The van der Waals surface area contributed by atoms with Crippen LogP contribution in [0.25, 0.3) is 0 Å². The molecule has 0 aliphatic heterocycles. The lowest BCUT2D eigenvalue weighted by molar-refractivity contribution is 0.0602. The molecule has 3 unspecified atom stereocenters. The molecule has 1 aromatic rings. The van der Waals surface area contributed by atoms with E-state index in [1.54, 1.807) is 0 Å². The number of esters is 1. The third-order valence-corrected chi connectivity index (χ3v) is 4.50. The number of carbonyl (C=O) groups excluding carboxylic acids is 1. The molecule has 0 heterocycles. The van der Waals surface area contributed by atoms with E-state index in [1.165, 1.54) is 19.2 Å². The fourth-order valence-electron chi connectivity index (χ4n) is 2.88. The molecule has 2 rings (SSSR count). The van der Waals surface area contributed by atoms with Gasteiger partial charge in [-0.3, -0.25) is 0 Å². The lowest BCUT2D eigenvalue weighted by Crippen LogP contribution is -2.30. The first-order chi connectivity index (χ1) is 9.92. The maximum absolute atomic E-state index is 14.0. The predicted molar refractivity (Wildman–Crippen MR) is 81.7 cm³/mol. The summed E-state index contributed by atoms with van der Waals surface area (Å²) in [4.78, 5) is 11.6. The Balaban J connectivity index is 2.18. The number of benzene rings is 1. The van der Waals surface area contributed by atoms with Crippen molar-refractivity contribution < 1.29 is 13.9 Å². The van der Waals surface area contributed by atoms with E-state index < -0.39 is 11.8 Å². The summed E-state index contributed by atoms with van der Waals surface area (Å²) < 4.78 is 18.7. The Hall–Kier alpha value is -1.78. The maximum atomic E-state index is 14.0. The standard InChI is InChI=1S/C16H23FN2O2/c1-9-4-5-11(6-10(9)2)19-15-7-12(16(20)21-3)14(18)8-13(15)17/h7-11,19H,4-6,18H2,1-3H3. The van der Waals surface area contributed by atoms with E-state index >= 15 is 0 Å². The number of rotatable bonds is 3. The normalized spacial score (nSPS) is 25.4. The SMILES string of the molecule is COC(=O)c1cc(NC2CCC(C)C(C)C2)c(F)cc1N. The molecule has 1 aliphatic rings. The first-order valence-electron chi connectivity index (χ1n) is 7.36. The Labute approximate surface area is 124 Å². The van der Waals surface area contributed by atoms with Gasteiger partial charge in [-0.05, 0) is 43.2 Å². The van der Waals surface area contributed by atoms with Crippen molar-refractivity contribution >= 4 is 17.3 Å². The van der Waals surface area contributed by atoms with Crippen molar-refractivity contribution in [2.45, 2.75) is 39.2 Å². The molecule has 3 atom stereocenters. The highest BCUT2D eigenvalue weighted by Gasteiger charge is 2.25. The van der Waals surface area contributed by atoms with Gasteiger partial charge in [0.15, 0.2) is 0 Å². The first-order valence-corrected chi connectivity index (χ1v) is 7.36. The molecule has 0 amide bonds. The highest BCUT2D eigenvalue weighted by molar-refractivity contribution is 5.96. The van der Waals surface area contributed by atoms with Gasteiger partial charge in [-0.1, -0.05) is 13.8 Å². The second kappa shape index (κ2) is 6.33. The molecule has 0 saturated heterocycles. The minimum Gasteiger partial charge on any atom is -0.465 e. The maximum Gasteiger partial charge on any atom is 0.340 e. The topological polar surface area (TPSA) is 64.3 Å². The molecule has 1 aromatic carbocycles. The molecule has 0 bridgehead atoms. The van der Waals surface area contributed by atoms with Gasteiger partial charge in [-0.25, -0.2) is 9.18 Å². The minimum absolute atomic E-state index is 0.0931. The van der Waals surface area contributed by atoms with Crippen molar-refractivity contribution in [2.24, 2.45) is 11.8 Å². The summed E-state index contributed by atoms with van der Waals surface area (Å²) in [5.74, 6) is 0.311. The summed E-state index contributed by atoms with van der Waals surface area (Å²) in [7, 11) is 1.28. The van der Waals surface area contributed by atoms with Gasteiger partial charge in [0.25, 0.3) is 0 Å². The summed E-state index contributed by atoms with van der Waals surface area (Å²) in [6.45, 7) is 4.47. The average molecular weight is 294 g/mol. The van der Waals surface area contributed by atoms with Crippen LogP contribution in [0.3, 0.4) is 0 Å². The third-order valence-electron chi connectivity index (χ3n) is 4.50. The number of ether oxygens (including phenoxy) is 1. The molecule has 0 aromatic heterocycles. The number of halogens is 1. The number of methoxy groups -OCH3 is 1. The zero-order valence-corrected chi connectivity index (χ0v) is 12.8. The van der Waals surface area contributed by atoms with Crippen LogP contribution in [0, 0.1) is 17.7 Å². The van der Waals surface area contributed by atoms with Crippen LogP contribution >= 0.6 is 0 Å². The number of nitrogens with two attached hydrogens (primary N) is 1. The smallest absolute Gasteiger partial charge is 0.340 e. The quantitative estimate of drug-likeness (QED) is 0.662. The molecule has 1 fully saturated rings. The van der Waals surface area contributed by atoms with Gasteiger partial charge in [0, 0.05) is 11.7 Å². The minimum atomic E-state index is -0.554.